The second-order valence-electron chi connectivity index (χ2n) is 11.3. The first kappa shape index (κ1) is 33.0. The van der Waals surface area contributed by atoms with Gasteiger partial charge in [-0.05, 0) is 58.6 Å². The molecule has 2 aromatic heterocycles. The predicted octanol–water partition coefficient (Wildman–Crippen LogP) is 3.17. The van der Waals surface area contributed by atoms with Crippen molar-refractivity contribution in [2.75, 3.05) is 18.9 Å². The molecule has 0 spiro atoms. The minimum Gasteiger partial charge on any atom is -0.476 e. The van der Waals surface area contributed by atoms with E-state index in [0.29, 0.717) is 0 Å². The van der Waals surface area contributed by atoms with Crippen LogP contribution in [0.5, 0.6) is 11.6 Å². The van der Waals surface area contributed by atoms with Gasteiger partial charge in [-0.1, -0.05) is 24.6 Å². The maximum atomic E-state index is 16.4. The lowest BCUT2D eigenvalue weighted by Crippen LogP contribution is -2.49. The molecule has 2 fully saturated rings. The predicted molar refractivity (Wildman–Crippen MR) is 158 cm³/mol. The fraction of sp³-hybridized carbons (Fsp3) is 0.571. The van der Waals surface area contributed by atoms with Crippen LogP contribution >= 0.6 is 7.75 Å². The standard InChI is InChI=1S/C28H38FN6O9P/c1-4-40-22-20-21(32-26(30)33-22)35(16-31-20)25-27(3,38)24(37)28(29,43-25)15-41-45(39,44-19-13-9-6-10-14-19)34-17(2)23(36)42-18-11-7-5-8-12-18/h6,9-10,13-14,16-18,24-25,37-38H,4-5,7-8,11-12,15H2,1-3H3,(H,34,39)(H2,30,32,33). The molecule has 5 N–H and O–H groups in total. The fourth-order valence-electron chi connectivity index (χ4n) is 5.33. The van der Waals surface area contributed by atoms with Gasteiger partial charge in [0.1, 0.15) is 36.2 Å². The van der Waals surface area contributed by atoms with E-state index in [0.717, 1.165) is 39.0 Å². The van der Waals surface area contributed by atoms with Crippen molar-refractivity contribution >= 4 is 30.8 Å². The summed E-state index contributed by atoms with van der Waals surface area (Å²) in [5.41, 5.74) is 3.74. The van der Waals surface area contributed by atoms with E-state index in [4.69, 9.17) is 29.0 Å². The molecule has 3 heterocycles. The van der Waals surface area contributed by atoms with Crippen molar-refractivity contribution in [1.29, 1.82) is 0 Å². The molecular formula is C28H38FN6O9P. The first-order valence-corrected chi connectivity index (χ1v) is 16.3. The third-order valence-corrected chi connectivity index (χ3v) is 9.27. The third-order valence-electron chi connectivity index (χ3n) is 7.65. The number of hydrogen-bond donors (Lipinski definition) is 4. The van der Waals surface area contributed by atoms with Crippen LogP contribution in [0, 0.1) is 0 Å². The third kappa shape index (κ3) is 7.05. The van der Waals surface area contributed by atoms with Crippen LogP contribution in [0.3, 0.4) is 0 Å². The molecule has 45 heavy (non-hydrogen) atoms. The van der Waals surface area contributed by atoms with Crippen LogP contribution in [0.1, 0.15) is 59.1 Å². The largest absolute Gasteiger partial charge is 0.476 e. The molecule has 246 valence electrons. The molecule has 1 saturated carbocycles. The average molecular weight is 653 g/mol. The van der Waals surface area contributed by atoms with E-state index in [-0.39, 0.29) is 41.5 Å². The molecule has 1 aliphatic heterocycles. The second kappa shape index (κ2) is 13.1. The van der Waals surface area contributed by atoms with Crippen LogP contribution in [0.15, 0.2) is 36.7 Å². The number of halogens is 1. The number of carbonyl (C=O) groups excluding carboxylic acids is 1. The maximum absolute atomic E-state index is 16.4. The highest BCUT2D eigenvalue weighted by Crippen LogP contribution is 2.51. The lowest BCUT2D eigenvalue weighted by Gasteiger charge is -2.29. The number of esters is 1. The van der Waals surface area contributed by atoms with Gasteiger partial charge in [-0.25, -0.2) is 13.9 Å². The lowest BCUT2D eigenvalue weighted by molar-refractivity contribution is -0.202. The molecule has 6 unspecified atom stereocenters. The van der Waals surface area contributed by atoms with Crippen LogP contribution < -0.4 is 20.1 Å². The Labute approximate surface area is 258 Å². The number of aliphatic hydroxyl groups excluding tert-OH is 1. The van der Waals surface area contributed by atoms with Crippen LogP contribution in [-0.4, -0.2) is 78.6 Å². The summed E-state index contributed by atoms with van der Waals surface area (Å²) < 4.78 is 59.3. The van der Waals surface area contributed by atoms with Crippen molar-refractivity contribution in [3.63, 3.8) is 0 Å². The molecule has 5 rings (SSSR count). The maximum Gasteiger partial charge on any atom is 0.459 e. The number of ether oxygens (including phenoxy) is 3. The van der Waals surface area contributed by atoms with Crippen molar-refractivity contribution < 1.29 is 47.2 Å². The van der Waals surface area contributed by atoms with Crippen LogP contribution in [0.2, 0.25) is 0 Å². The first-order valence-electron chi connectivity index (χ1n) is 14.7. The van der Waals surface area contributed by atoms with Crippen molar-refractivity contribution in [2.24, 2.45) is 0 Å². The average Bonchev–Trinajstić information content (AvgIpc) is 3.50. The molecule has 1 aromatic carbocycles. The molecule has 6 atom stereocenters. The topological polar surface area (TPSA) is 202 Å². The van der Waals surface area contributed by atoms with E-state index in [1.165, 1.54) is 30.0 Å². The van der Waals surface area contributed by atoms with Crippen LogP contribution in [0.4, 0.5) is 10.3 Å². The smallest absolute Gasteiger partial charge is 0.459 e. The van der Waals surface area contributed by atoms with E-state index in [2.05, 4.69) is 20.0 Å². The van der Waals surface area contributed by atoms with Gasteiger partial charge in [0.25, 0.3) is 5.85 Å². The highest BCUT2D eigenvalue weighted by molar-refractivity contribution is 7.52. The number of benzene rings is 1. The van der Waals surface area contributed by atoms with Gasteiger partial charge in [-0.15, -0.1) is 0 Å². The first-order chi connectivity index (χ1) is 21.3. The summed E-state index contributed by atoms with van der Waals surface area (Å²) in [5.74, 6) is -3.83. The van der Waals surface area contributed by atoms with Crippen molar-refractivity contribution in [3.05, 3.63) is 36.7 Å². The van der Waals surface area contributed by atoms with Crippen molar-refractivity contribution in [2.45, 2.75) is 88.8 Å². The summed E-state index contributed by atoms with van der Waals surface area (Å²) >= 11 is 0. The number of fused-ring (bicyclic) bond motifs is 1. The SMILES string of the molecule is CCOc1nc(N)nc2c1ncn2C1OC(F)(COP(=O)(NC(C)C(=O)OC2CCCCC2)Oc2ccccc2)C(O)C1(C)O. The van der Waals surface area contributed by atoms with Gasteiger partial charge in [0, 0.05) is 0 Å². The van der Waals surface area contributed by atoms with Gasteiger partial charge in [-0.3, -0.25) is 13.9 Å². The van der Waals surface area contributed by atoms with E-state index in [1.807, 2.05) is 0 Å². The van der Waals surface area contributed by atoms with Gasteiger partial charge < -0.3 is 34.7 Å². The van der Waals surface area contributed by atoms with Gasteiger partial charge in [0.15, 0.2) is 17.4 Å². The fourth-order valence-corrected chi connectivity index (χ4v) is 6.83. The number of aliphatic hydroxyl groups is 2. The summed E-state index contributed by atoms with van der Waals surface area (Å²) in [6.07, 6.45) is 1.50. The van der Waals surface area contributed by atoms with Gasteiger partial charge in [0.2, 0.25) is 11.8 Å². The Kier molecular flexibility index (Phi) is 9.63. The Morgan fingerprint density at radius 3 is 2.67 bits per heavy atom. The zero-order valence-electron chi connectivity index (χ0n) is 25.2. The highest BCUT2D eigenvalue weighted by Gasteiger charge is 2.64. The number of anilines is 1. The Morgan fingerprint density at radius 1 is 1.27 bits per heavy atom. The number of carbonyl (C=O) groups is 1. The molecule has 17 heteroatoms. The van der Waals surface area contributed by atoms with E-state index >= 15 is 4.39 Å². The number of nitrogens with zero attached hydrogens (tertiary/aromatic N) is 4. The molecule has 1 saturated heterocycles. The zero-order chi connectivity index (χ0) is 32.4. The normalized spacial score (nSPS) is 27.6. The molecule has 3 aromatic rings. The van der Waals surface area contributed by atoms with Crippen molar-refractivity contribution in [1.82, 2.24) is 24.6 Å². The van der Waals surface area contributed by atoms with Crippen LogP contribution in [0.25, 0.3) is 11.2 Å². The van der Waals surface area contributed by atoms with E-state index < -0.39 is 50.2 Å². The highest BCUT2D eigenvalue weighted by atomic mass is 31.2. The summed E-state index contributed by atoms with van der Waals surface area (Å²) in [7, 11) is -4.54. The Bertz CT molecular complexity index is 1540. The summed E-state index contributed by atoms with van der Waals surface area (Å²) in [5, 5.41) is 24.8. The summed E-state index contributed by atoms with van der Waals surface area (Å²) in [6.45, 7) is 3.35. The van der Waals surface area contributed by atoms with Gasteiger partial charge in [0.05, 0.1) is 12.9 Å². The number of imidazole rings is 1. The molecule has 1 aliphatic carbocycles. The number of alkyl halides is 1. The Morgan fingerprint density at radius 2 is 1.98 bits per heavy atom. The van der Waals surface area contributed by atoms with Gasteiger partial charge in [-0.2, -0.15) is 15.1 Å². The number of nitrogen functional groups attached to an aromatic ring is 1. The molecule has 0 radical (unpaired) electrons. The number of nitrogens with one attached hydrogen (secondary N) is 1. The number of para-hydroxylation sites is 1. The summed E-state index contributed by atoms with van der Waals surface area (Å²) in [6, 6.07) is 6.74. The molecule has 2 aliphatic rings. The van der Waals surface area contributed by atoms with Crippen molar-refractivity contribution in [3.8, 4) is 11.6 Å². The molecule has 15 nitrogen and oxygen atoms in total. The zero-order valence-corrected chi connectivity index (χ0v) is 26.1. The number of aromatic nitrogens is 4. The van der Waals surface area contributed by atoms with E-state index in [1.54, 1.807) is 25.1 Å². The second-order valence-corrected chi connectivity index (χ2v) is 12.9. The quantitative estimate of drug-likeness (QED) is 0.164. The minimum absolute atomic E-state index is 0.0404. The molecular weight excluding hydrogens is 614 g/mol. The number of hydrogen-bond acceptors (Lipinski definition) is 13. The van der Waals surface area contributed by atoms with Gasteiger partial charge >= 0.3 is 13.7 Å². The van der Waals surface area contributed by atoms with E-state index in [9.17, 15) is 19.6 Å². The summed E-state index contributed by atoms with van der Waals surface area (Å²) in [4.78, 5) is 25.2. The Hall–Kier alpha value is -3.40. The Balaban J connectivity index is 1.37. The minimum atomic E-state index is -4.54. The molecule has 0 bridgehead atoms. The monoisotopic (exact) mass is 652 g/mol. The van der Waals surface area contributed by atoms with Crippen LogP contribution in [-0.2, 0) is 23.4 Å². The number of nitrogens with two attached hydrogens (primary N) is 1. The number of rotatable bonds is 12. The lowest BCUT2D eigenvalue weighted by atomic mass is 9.95. The molecule has 0 amide bonds.